The number of fused-ring (bicyclic) bond motifs is 1. The van der Waals surface area contributed by atoms with Crippen LogP contribution in [0.25, 0.3) is 0 Å². The van der Waals surface area contributed by atoms with Gasteiger partial charge >= 0.3 is 6.18 Å². The number of hydrogen-bond donors (Lipinski definition) is 3. The van der Waals surface area contributed by atoms with Crippen molar-refractivity contribution in [2.75, 3.05) is 29.2 Å². The fourth-order valence-electron chi connectivity index (χ4n) is 3.04. The summed E-state index contributed by atoms with van der Waals surface area (Å²) in [5.74, 6) is -0.353. The molecule has 0 aliphatic carbocycles. The van der Waals surface area contributed by atoms with Gasteiger partial charge in [-0.15, -0.1) is 0 Å². The number of rotatable bonds is 4. The van der Waals surface area contributed by atoms with Crippen LogP contribution in [0.1, 0.15) is 17.5 Å². The van der Waals surface area contributed by atoms with E-state index in [0.717, 1.165) is 17.4 Å². The SMILES string of the molecule is O=C1Cc2cc(Nc3ncc(C(F)(F)F)c(NC4CCOC4)n3)ccc2N1. The molecule has 2 aliphatic rings. The van der Waals surface area contributed by atoms with E-state index in [2.05, 4.69) is 25.9 Å². The van der Waals surface area contributed by atoms with Gasteiger partial charge in [0, 0.05) is 24.2 Å². The molecule has 1 amide bonds. The molecular weight excluding hydrogens is 363 g/mol. The molecule has 1 atom stereocenters. The van der Waals surface area contributed by atoms with Gasteiger partial charge in [-0.1, -0.05) is 0 Å². The average molecular weight is 379 g/mol. The first-order valence-electron chi connectivity index (χ1n) is 8.37. The van der Waals surface area contributed by atoms with E-state index in [0.29, 0.717) is 25.3 Å². The molecule has 1 aromatic carbocycles. The molecular formula is C17H16F3N5O2. The number of hydrogen-bond acceptors (Lipinski definition) is 6. The zero-order valence-electron chi connectivity index (χ0n) is 14.1. The standard InChI is InChI=1S/C17H16F3N5O2/c18-17(19,20)12-7-21-16(25-15(12)22-11-3-4-27-8-11)23-10-1-2-13-9(5-10)6-14(26)24-13/h1-2,5,7,11H,3-4,6,8H2,(H,24,26)(H2,21,22,23,25). The van der Waals surface area contributed by atoms with Crippen LogP contribution in [0.5, 0.6) is 0 Å². The van der Waals surface area contributed by atoms with Crippen LogP contribution >= 0.6 is 0 Å². The summed E-state index contributed by atoms with van der Waals surface area (Å²) >= 11 is 0. The molecule has 1 fully saturated rings. The van der Waals surface area contributed by atoms with Crippen LogP contribution in [0.4, 0.5) is 36.3 Å². The van der Waals surface area contributed by atoms with Crippen LogP contribution in [0, 0.1) is 0 Å². The van der Waals surface area contributed by atoms with Gasteiger partial charge in [0.1, 0.15) is 11.4 Å². The first-order valence-corrected chi connectivity index (χ1v) is 8.37. The average Bonchev–Trinajstić information content (AvgIpc) is 3.22. The lowest BCUT2D eigenvalue weighted by atomic mass is 10.1. The Balaban J connectivity index is 1.59. The number of aromatic nitrogens is 2. The van der Waals surface area contributed by atoms with Crippen LogP contribution < -0.4 is 16.0 Å². The summed E-state index contributed by atoms with van der Waals surface area (Å²) in [7, 11) is 0. The maximum absolute atomic E-state index is 13.3. The summed E-state index contributed by atoms with van der Waals surface area (Å²) in [6.45, 7) is 0.826. The molecule has 4 rings (SSSR count). The molecule has 2 aromatic rings. The van der Waals surface area contributed by atoms with E-state index < -0.39 is 11.7 Å². The summed E-state index contributed by atoms with van der Waals surface area (Å²) in [6, 6.07) is 4.93. The molecule has 27 heavy (non-hydrogen) atoms. The number of alkyl halides is 3. The van der Waals surface area contributed by atoms with Crippen LogP contribution in [0.3, 0.4) is 0 Å². The number of carbonyl (C=O) groups excluding carboxylic acids is 1. The van der Waals surface area contributed by atoms with Crippen molar-refractivity contribution in [3.8, 4) is 0 Å². The first kappa shape index (κ1) is 17.5. The van der Waals surface area contributed by atoms with E-state index >= 15 is 0 Å². The van der Waals surface area contributed by atoms with E-state index in [-0.39, 0.29) is 30.1 Å². The quantitative estimate of drug-likeness (QED) is 0.757. The van der Waals surface area contributed by atoms with Crippen LogP contribution in [0.2, 0.25) is 0 Å². The third kappa shape index (κ3) is 3.80. The summed E-state index contributed by atoms with van der Waals surface area (Å²) in [5.41, 5.74) is 1.18. The van der Waals surface area contributed by atoms with Gasteiger partial charge in [0.15, 0.2) is 0 Å². The van der Waals surface area contributed by atoms with Gasteiger partial charge in [0.2, 0.25) is 11.9 Å². The van der Waals surface area contributed by atoms with Crippen molar-refractivity contribution < 1.29 is 22.7 Å². The fraction of sp³-hybridized carbons (Fsp3) is 0.353. The van der Waals surface area contributed by atoms with Gasteiger partial charge in [-0.2, -0.15) is 18.2 Å². The third-order valence-corrected chi connectivity index (χ3v) is 4.35. The topological polar surface area (TPSA) is 88.2 Å². The number of nitrogens with one attached hydrogen (secondary N) is 3. The summed E-state index contributed by atoms with van der Waals surface area (Å²) in [6.07, 6.45) is -2.95. The highest BCUT2D eigenvalue weighted by Crippen LogP contribution is 2.35. The number of anilines is 4. The highest BCUT2D eigenvalue weighted by atomic mass is 19.4. The Morgan fingerprint density at radius 2 is 2.15 bits per heavy atom. The number of benzene rings is 1. The number of ether oxygens (including phenoxy) is 1. The molecule has 7 nitrogen and oxygen atoms in total. The minimum atomic E-state index is -4.57. The maximum atomic E-state index is 13.3. The lowest BCUT2D eigenvalue weighted by Crippen LogP contribution is -2.23. The van der Waals surface area contributed by atoms with Crippen LogP contribution in [0.15, 0.2) is 24.4 Å². The largest absolute Gasteiger partial charge is 0.421 e. The Kier molecular flexibility index (Phi) is 4.34. The summed E-state index contributed by atoms with van der Waals surface area (Å²) in [5, 5.41) is 8.41. The second kappa shape index (κ2) is 6.69. The molecule has 0 radical (unpaired) electrons. The first-order chi connectivity index (χ1) is 12.9. The molecule has 1 saturated heterocycles. The smallest absolute Gasteiger partial charge is 0.379 e. The Morgan fingerprint density at radius 1 is 1.30 bits per heavy atom. The Bertz CT molecular complexity index is 881. The second-order valence-electron chi connectivity index (χ2n) is 6.38. The molecule has 142 valence electrons. The van der Waals surface area contributed by atoms with Gasteiger partial charge < -0.3 is 20.7 Å². The monoisotopic (exact) mass is 379 g/mol. The van der Waals surface area contributed by atoms with Crippen LogP contribution in [-0.2, 0) is 22.1 Å². The normalized spacial score (nSPS) is 18.9. The molecule has 10 heteroatoms. The number of amides is 1. The zero-order chi connectivity index (χ0) is 19.0. The summed E-state index contributed by atoms with van der Waals surface area (Å²) < 4.78 is 45.0. The molecule has 3 N–H and O–H groups in total. The lowest BCUT2D eigenvalue weighted by molar-refractivity contribution is -0.137. The van der Waals surface area contributed by atoms with Gasteiger partial charge in [0.25, 0.3) is 0 Å². The van der Waals surface area contributed by atoms with Gasteiger partial charge in [0.05, 0.1) is 19.1 Å². The fourth-order valence-corrected chi connectivity index (χ4v) is 3.04. The molecule has 1 aromatic heterocycles. The highest BCUT2D eigenvalue weighted by Gasteiger charge is 2.36. The van der Waals surface area contributed by atoms with Gasteiger partial charge in [-0.25, -0.2) is 4.98 Å². The van der Waals surface area contributed by atoms with Crippen molar-refractivity contribution in [2.24, 2.45) is 0 Å². The Hall–Kier alpha value is -2.88. The Morgan fingerprint density at radius 3 is 2.89 bits per heavy atom. The minimum absolute atomic E-state index is 0.0293. The summed E-state index contributed by atoms with van der Waals surface area (Å²) in [4.78, 5) is 19.2. The second-order valence-corrected chi connectivity index (χ2v) is 6.38. The predicted octanol–water partition coefficient (Wildman–Crippen LogP) is 2.93. The Labute approximate surface area is 152 Å². The van der Waals surface area contributed by atoms with E-state index in [1.165, 1.54) is 0 Å². The number of halogens is 3. The van der Waals surface area contributed by atoms with Crippen molar-refractivity contribution >= 4 is 29.0 Å². The zero-order valence-corrected chi connectivity index (χ0v) is 14.1. The number of carbonyl (C=O) groups is 1. The van der Waals surface area contributed by atoms with Crippen molar-refractivity contribution in [2.45, 2.75) is 25.1 Å². The molecule has 1 unspecified atom stereocenters. The predicted molar refractivity (Wildman–Crippen MR) is 91.9 cm³/mol. The van der Waals surface area contributed by atoms with E-state index in [9.17, 15) is 18.0 Å². The van der Waals surface area contributed by atoms with E-state index in [4.69, 9.17) is 4.74 Å². The number of nitrogens with zero attached hydrogens (tertiary/aromatic N) is 2. The lowest BCUT2D eigenvalue weighted by Gasteiger charge is -2.17. The van der Waals surface area contributed by atoms with E-state index in [1.807, 2.05) is 0 Å². The maximum Gasteiger partial charge on any atom is 0.421 e. The molecule has 0 saturated carbocycles. The third-order valence-electron chi connectivity index (χ3n) is 4.35. The van der Waals surface area contributed by atoms with Gasteiger partial charge in [-0.05, 0) is 30.2 Å². The molecule has 0 spiro atoms. The molecule has 0 bridgehead atoms. The van der Waals surface area contributed by atoms with Crippen molar-refractivity contribution in [3.63, 3.8) is 0 Å². The van der Waals surface area contributed by atoms with Crippen LogP contribution in [-0.4, -0.2) is 35.1 Å². The van der Waals surface area contributed by atoms with Crippen molar-refractivity contribution in [3.05, 3.63) is 35.5 Å². The van der Waals surface area contributed by atoms with E-state index in [1.54, 1.807) is 18.2 Å². The molecule has 3 heterocycles. The minimum Gasteiger partial charge on any atom is -0.379 e. The van der Waals surface area contributed by atoms with Gasteiger partial charge in [-0.3, -0.25) is 4.79 Å². The highest BCUT2D eigenvalue weighted by molar-refractivity contribution is 5.99. The van der Waals surface area contributed by atoms with Crippen molar-refractivity contribution in [1.82, 2.24) is 9.97 Å². The van der Waals surface area contributed by atoms with Crippen molar-refractivity contribution in [1.29, 1.82) is 0 Å². The molecule has 2 aliphatic heterocycles.